The molecule has 7 nitrogen and oxygen atoms in total. The molecule has 0 saturated carbocycles. The van der Waals surface area contributed by atoms with Gasteiger partial charge in [-0.25, -0.2) is 4.98 Å². The lowest BCUT2D eigenvalue weighted by atomic mass is 10.1. The number of benzene rings is 2. The average molecular weight is 421 g/mol. The molecule has 1 aromatic heterocycles. The molecule has 0 aliphatic heterocycles. The van der Waals surface area contributed by atoms with Gasteiger partial charge in [0.05, 0.1) is 19.9 Å². The third-order valence-corrected chi connectivity index (χ3v) is 5.03. The monoisotopic (exact) mass is 421 g/mol. The summed E-state index contributed by atoms with van der Waals surface area (Å²) in [6.07, 6.45) is 2.21. The fraction of sp³-hybridized carbons (Fsp3) is 0.292. The Hall–Kier alpha value is -3.61. The summed E-state index contributed by atoms with van der Waals surface area (Å²) in [6, 6.07) is 13.3. The van der Waals surface area contributed by atoms with Crippen LogP contribution in [-0.4, -0.2) is 42.4 Å². The molecular formula is C24H27N3O4. The van der Waals surface area contributed by atoms with E-state index < -0.39 is 0 Å². The standard InChI is InChI=1S/C24H27N3O4/c1-16-6-5-7-17(2)24(16)26-21(28)15-27(3)23(29)13-12-22-25-14-20(31-22)18-8-10-19(30-4)11-9-18/h5-11,14H,12-13,15H2,1-4H3,(H,26,28). The Labute approximate surface area is 182 Å². The van der Waals surface area contributed by atoms with Crippen molar-refractivity contribution < 1.29 is 18.7 Å². The number of nitrogens with one attached hydrogen (secondary N) is 1. The van der Waals surface area contributed by atoms with Crippen molar-refractivity contribution in [2.24, 2.45) is 0 Å². The summed E-state index contributed by atoms with van der Waals surface area (Å²) in [5.41, 5.74) is 3.64. The molecule has 0 aliphatic rings. The van der Waals surface area contributed by atoms with Crippen LogP contribution in [0.4, 0.5) is 5.69 Å². The Balaban J connectivity index is 1.51. The first kappa shape index (κ1) is 22.1. The molecule has 0 spiro atoms. The molecule has 0 atom stereocenters. The van der Waals surface area contributed by atoms with E-state index in [-0.39, 0.29) is 24.8 Å². The number of aromatic nitrogens is 1. The smallest absolute Gasteiger partial charge is 0.243 e. The van der Waals surface area contributed by atoms with Crippen LogP contribution in [0.1, 0.15) is 23.4 Å². The number of nitrogens with zero attached hydrogens (tertiary/aromatic N) is 2. The Kier molecular flexibility index (Phi) is 7.07. The molecule has 0 fully saturated rings. The van der Waals surface area contributed by atoms with Gasteiger partial charge in [0.1, 0.15) is 5.75 Å². The number of amides is 2. The minimum absolute atomic E-state index is 0.0186. The summed E-state index contributed by atoms with van der Waals surface area (Å²) in [5.74, 6) is 1.49. The van der Waals surface area contributed by atoms with Crippen molar-refractivity contribution in [3.63, 3.8) is 0 Å². The van der Waals surface area contributed by atoms with E-state index in [1.54, 1.807) is 20.4 Å². The number of aryl methyl sites for hydroxylation is 3. The van der Waals surface area contributed by atoms with Crippen LogP contribution in [0.25, 0.3) is 11.3 Å². The van der Waals surface area contributed by atoms with E-state index in [2.05, 4.69) is 10.3 Å². The zero-order valence-corrected chi connectivity index (χ0v) is 18.3. The quantitative estimate of drug-likeness (QED) is 0.594. The van der Waals surface area contributed by atoms with Crippen molar-refractivity contribution in [1.82, 2.24) is 9.88 Å². The molecule has 31 heavy (non-hydrogen) atoms. The predicted molar refractivity (Wildman–Crippen MR) is 119 cm³/mol. The van der Waals surface area contributed by atoms with E-state index in [1.807, 2.05) is 56.3 Å². The summed E-state index contributed by atoms with van der Waals surface area (Å²) < 4.78 is 10.9. The average Bonchev–Trinajstić information content (AvgIpc) is 3.23. The SMILES string of the molecule is COc1ccc(-c2cnc(CCC(=O)N(C)CC(=O)Nc3c(C)cccc3C)o2)cc1. The van der Waals surface area contributed by atoms with Crippen molar-refractivity contribution in [1.29, 1.82) is 0 Å². The van der Waals surface area contributed by atoms with E-state index in [0.29, 0.717) is 18.1 Å². The Morgan fingerprint density at radius 2 is 1.77 bits per heavy atom. The number of rotatable bonds is 8. The largest absolute Gasteiger partial charge is 0.497 e. The highest BCUT2D eigenvalue weighted by Gasteiger charge is 2.16. The number of ether oxygens (including phenoxy) is 1. The second-order valence-electron chi connectivity index (χ2n) is 7.41. The summed E-state index contributed by atoms with van der Waals surface area (Å²) in [4.78, 5) is 30.5. The van der Waals surface area contributed by atoms with Gasteiger partial charge in [0, 0.05) is 31.1 Å². The molecule has 0 aliphatic carbocycles. The number of oxazole rings is 1. The minimum Gasteiger partial charge on any atom is -0.497 e. The highest BCUT2D eigenvalue weighted by atomic mass is 16.5. The molecular weight excluding hydrogens is 394 g/mol. The highest BCUT2D eigenvalue weighted by molar-refractivity contribution is 5.95. The van der Waals surface area contributed by atoms with Gasteiger partial charge in [-0.3, -0.25) is 9.59 Å². The van der Waals surface area contributed by atoms with Crippen LogP contribution in [0.5, 0.6) is 5.75 Å². The Bertz CT molecular complexity index is 1040. The van der Waals surface area contributed by atoms with Gasteiger partial charge in [-0.1, -0.05) is 18.2 Å². The number of hydrogen-bond donors (Lipinski definition) is 1. The van der Waals surface area contributed by atoms with Gasteiger partial charge in [0.15, 0.2) is 11.7 Å². The van der Waals surface area contributed by atoms with Crippen LogP contribution >= 0.6 is 0 Å². The highest BCUT2D eigenvalue weighted by Crippen LogP contribution is 2.23. The number of anilines is 1. The van der Waals surface area contributed by atoms with Crippen molar-refractivity contribution in [3.8, 4) is 17.1 Å². The lowest BCUT2D eigenvalue weighted by Crippen LogP contribution is -2.35. The minimum atomic E-state index is -0.230. The molecule has 162 valence electrons. The van der Waals surface area contributed by atoms with Crippen LogP contribution in [0, 0.1) is 13.8 Å². The van der Waals surface area contributed by atoms with Crippen molar-refractivity contribution in [2.75, 3.05) is 26.0 Å². The maximum Gasteiger partial charge on any atom is 0.243 e. The second kappa shape index (κ2) is 9.93. The molecule has 2 amide bonds. The van der Waals surface area contributed by atoms with Gasteiger partial charge in [-0.2, -0.15) is 0 Å². The molecule has 0 bridgehead atoms. The maximum atomic E-state index is 12.4. The van der Waals surface area contributed by atoms with Gasteiger partial charge in [-0.15, -0.1) is 0 Å². The zero-order chi connectivity index (χ0) is 22.4. The Morgan fingerprint density at radius 3 is 2.42 bits per heavy atom. The molecule has 0 saturated heterocycles. The first-order valence-electron chi connectivity index (χ1n) is 10.1. The molecule has 0 radical (unpaired) electrons. The van der Waals surface area contributed by atoms with E-state index in [4.69, 9.17) is 9.15 Å². The molecule has 3 rings (SSSR count). The van der Waals surface area contributed by atoms with E-state index in [1.165, 1.54) is 4.90 Å². The molecule has 3 aromatic rings. The zero-order valence-electron chi connectivity index (χ0n) is 18.3. The van der Waals surface area contributed by atoms with Gasteiger partial charge in [0.2, 0.25) is 11.8 Å². The third kappa shape index (κ3) is 5.72. The van der Waals surface area contributed by atoms with Crippen molar-refractivity contribution >= 4 is 17.5 Å². The first-order valence-corrected chi connectivity index (χ1v) is 10.1. The first-order chi connectivity index (χ1) is 14.9. The summed E-state index contributed by atoms with van der Waals surface area (Å²) in [7, 11) is 3.23. The van der Waals surface area contributed by atoms with Crippen molar-refractivity contribution in [2.45, 2.75) is 26.7 Å². The van der Waals surface area contributed by atoms with E-state index in [9.17, 15) is 9.59 Å². The van der Waals surface area contributed by atoms with Crippen LogP contribution < -0.4 is 10.1 Å². The van der Waals surface area contributed by atoms with E-state index in [0.717, 1.165) is 28.1 Å². The topological polar surface area (TPSA) is 84.7 Å². The molecule has 1 heterocycles. The van der Waals surface area contributed by atoms with Crippen LogP contribution in [-0.2, 0) is 16.0 Å². The number of carbonyl (C=O) groups is 2. The Morgan fingerprint density at radius 1 is 1.10 bits per heavy atom. The normalized spacial score (nSPS) is 10.6. The van der Waals surface area contributed by atoms with Crippen LogP contribution in [0.2, 0.25) is 0 Å². The lowest BCUT2D eigenvalue weighted by molar-refractivity contribution is -0.133. The van der Waals surface area contributed by atoms with Gasteiger partial charge < -0.3 is 19.4 Å². The molecule has 7 heteroatoms. The summed E-state index contributed by atoms with van der Waals surface area (Å²) in [5, 5.41) is 2.90. The van der Waals surface area contributed by atoms with Gasteiger partial charge >= 0.3 is 0 Å². The number of methoxy groups -OCH3 is 1. The van der Waals surface area contributed by atoms with E-state index >= 15 is 0 Å². The predicted octanol–water partition coefficient (Wildman–Crippen LogP) is 4.00. The maximum absolute atomic E-state index is 12.4. The van der Waals surface area contributed by atoms with Crippen molar-refractivity contribution in [3.05, 3.63) is 65.7 Å². The van der Waals surface area contributed by atoms with Gasteiger partial charge in [-0.05, 0) is 49.2 Å². The molecule has 0 unspecified atom stereocenters. The number of likely N-dealkylation sites (N-methyl/N-ethyl adjacent to an activating group) is 1. The fourth-order valence-corrected chi connectivity index (χ4v) is 3.21. The van der Waals surface area contributed by atoms with Crippen LogP contribution in [0.15, 0.2) is 53.1 Å². The lowest BCUT2D eigenvalue weighted by Gasteiger charge is -2.18. The summed E-state index contributed by atoms with van der Waals surface area (Å²) in [6.45, 7) is 3.86. The number of hydrogen-bond acceptors (Lipinski definition) is 5. The second-order valence-corrected chi connectivity index (χ2v) is 7.41. The fourth-order valence-electron chi connectivity index (χ4n) is 3.21. The third-order valence-electron chi connectivity index (χ3n) is 5.03. The molecule has 2 aromatic carbocycles. The number of para-hydroxylation sites is 1. The van der Waals surface area contributed by atoms with Gasteiger partial charge in [0.25, 0.3) is 0 Å². The molecule has 1 N–H and O–H groups in total. The number of carbonyl (C=O) groups excluding carboxylic acids is 2. The van der Waals surface area contributed by atoms with Crippen LogP contribution in [0.3, 0.4) is 0 Å². The summed E-state index contributed by atoms with van der Waals surface area (Å²) >= 11 is 0.